The number of thiazole rings is 1. The van der Waals surface area contributed by atoms with E-state index in [0.717, 1.165) is 15.8 Å². The van der Waals surface area contributed by atoms with Gasteiger partial charge < -0.3 is 4.74 Å². The van der Waals surface area contributed by atoms with Crippen molar-refractivity contribution in [3.63, 3.8) is 0 Å². The lowest BCUT2D eigenvalue weighted by molar-refractivity contribution is -0.113. The van der Waals surface area contributed by atoms with Gasteiger partial charge in [0.2, 0.25) is 0 Å². The third kappa shape index (κ3) is 3.66. The maximum atomic E-state index is 13.5. The molecule has 0 bridgehead atoms. The maximum absolute atomic E-state index is 13.5. The van der Waals surface area contributed by atoms with Gasteiger partial charge in [-0.2, -0.15) is 0 Å². The van der Waals surface area contributed by atoms with Crippen molar-refractivity contribution < 1.29 is 9.53 Å². The van der Waals surface area contributed by atoms with Crippen LogP contribution in [0, 0.1) is 0 Å². The average Bonchev–Trinajstić information content (AvgIpc) is 3.35. The molecule has 0 fully saturated rings. The number of amidine groups is 1. The normalized spacial score (nSPS) is 15.0. The first kappa shape index (κ1) is 20.7. The van der Waals surface area contributed by atoms with Crippen molar-refractivity contribution in [1.82, 2.24) is 4.98 Å². The first-order valence-electron chi connectivity index (χ1n) is 9.64. The molecule has 0 spiro atoms. The van der Waals surface area contributed by atoms with Crippen molar-refractivity contribution in [2.45, 2.75) is 0 Å². The van der Waals surface area contributed by atoms with Crippen LogP contribution in [-0.2, 0) is 4.79 Å². The number of nitrogens with zero attached hydrogens (tertiary/aromatic N) is 3. The van der Waals surface area contributed by atoms with Crippen molar-refractivity contribution in [2.24, 2.45) is 4.99 Å². The molecule has 0 atom stereocenters. The van der Waals surface area contributed by atoms with E-state index in [4.69, 9.17) is 27.9 Å². The van der Waals surface area contributed by atoms with Crippen molar-refractivity contribution in [3.8, 4) is 5.75 Å². The van der Waals surface area contributed by atoms with Gasteiger partial charge in [-0.3, -0.25) is 4.79 Å². The van der Waals surface area contributed by atoms with Gasteiger partial charge in [-0.1, -0.05) is 83.1 Å². The van der Waals surface area contributed by atoms with E-state index in [1.54, 1.807) is 25.3 Å². The Morgan fingerprint density at radius 3 is 2.50 bits per heavy atom. The van der Waals surface area contributed by atoms with E-state index in [-0.39, 0.29) is 5.91 Å². The summed E-state index contributed by atoms with van der Waals surface area (Å²) in [4.78, 5) is 24.4. The summed E-state index contributed by atoms with van der Waals surface area (Å²) in [7, 11) is 1.59. The van der Waals surface area contributed by atoms with Crippen LogP contribution in [0.1, 0.15) is 11.1 Å². The lowest BCUT2D eigenvalue weighted by Crippen LogP contribution is -2.32. The van der Waals surface area contributed by atoms with Crippen molar-refractivity contribution in [3.05, 3.63) is 93.6 Å². The highest BCUT2D eigenvalue weighted by Gasteiger charge is 2.34. The van der Waals surface area contributed by atoms with E-state index >= 15 is 0 Å². The summed E-state index contributed by atoms with van der Waals surface area (Å²) in [6.45, 7) is 0. The summed E-state index contributed by atoms with van der Waals surface area (Å²) in [6, 6.07) is 20.5. The zero-order valence-corrected chi connectivity index (χ0v) is 19.1. The number of halogens is 2. The fraction of sp³-hybridized carbons (Fsp3) is 0.0417. The van der Waals surface area contributed by atoms with Gasteiger partial charge in [-0.25, -0.2) is 14.9 Å². The smallest absolute Gasteiger partial charge is 0.284 e. The number of amides is 1. The Morgan fingerprint density at radius 1 is 1.00 bits per heavy atom. The van der Waals surface area contributed by atoms with Crippen molar-refractivity contribution in [1.29, 1.82) is 0 Å². The highest BCUT2D eigenvalue weighted by Crippen LogP contribution is 2.37. The zero-order valence-electron chi connectivity index (χ0n) is 16.8. The maximum Gasteiger partial charge on any atom is 0.284 e. The topological polar surface area (TPSA) is 54.8 Å². The molecule has 5 nitrogen and oxygen atoms in total. The van der Waals surface area contributed by atoms with Gasteiger partial charge in [-0.15, -0.1) is 0 Å². The number of hydrogen-bond donors (Lipinski definition) is 0. The van der Waals surface area contributed by atoms with E-state index in [0.29, 0.717) is 38.0 Å². The molecule has 0 unspecified atom stereocenters. The van der Waals surface area contributed by atoms with Crippen LogP contribution in [0.3, 0.4) is 0 Å². The molecular formula is C24H15Cl2N3O2S. The lowest BCUT2D eigenvalue weighted by atomic mass is 10.1. The van der Waals surface area contributed by atoms with Crippen LogP contribution in [0.5, 0.6) is 5.75 Å². The molecule has 1 aromatic heterocycles. The number of para-hydroxylation sites is 1. The number of carbonyl (C=O) groups excluding carboxylic acids is 1. The first-order valence-corrected chi connectivity index (χ1v) is 11.2. The van der Waals surface area contributed by atoms with Crippen LogP contribution >= 0.6 is 34.5 Å². The quantitative estimate of drug-likeness (QED) is 0.316. The standard InChI is InChI=1S/C24H15Cl2N3O2S/c1-31-20-10-6-5-9-15(20)11-19-23(30)29(22(27-19)14-7-3-2-4-8-14)24-28-18-12-16(25)17(26)13-21(18)32-24/h2-13H,1H3/b19-11-. The fourth-order valence-corrected chi connectivity index (χ4v) is 4.79. The molecule has 1 aliphatic rings. The minimum Gasteiger partial charge on any atom is -0.496 e. The van der Waals surface area contributed by atoms with Crippen LogP contribution < -0.4 is 9.64 Å². The van der Waals surface area contributed by atoms with Crippen molar-refractivity contribution in [2.75, 3.05) is 12.0 Å². The SMILES string of the molecule is COc1ccccc1/C=C1\N=C(c2ccccc2)N(c2nc3cc(Cl)c(Cl)cc3s2)C1=O. The van der Waals surface area contributed by atoms with Gasteiger partial charge in [-0.05, 0) is 24.3 Å². The van der Waals surface area contributed by atoms with E-state index in [1.165, 1.54) is 16.2 Å². The molecule has 158 valence electrons. The second-order valence-electron chi connectivity index (χ2n) is 6.94. The van der Waals surface area contributed by atoms with Crippen LogP contribution in [0.4, 0.5) is 5.13 Å². The molecule has 1 amide bonds. The summed E-state index contributed by atoms with van der Waals surface area (Å²) in [5.41, 5.74) is 2.53. The number of hydrogen-bond acceptors (Lipinski definition) is 5. The molecule has 1 aliphatic heterocycles. The minimum absolute atomic E-state index is 0.272. The Hall–Kier alpha value is -3.19. The number of ether oxygens (including phenoxy) is 1. The molecule has 0 radical (unpaired) electrons. The van der Waals surface area contributed by atoms with Gasteiger partial charge in [0.05, 0.1) is 27.4 Å². The molecule has 0 saturated carbocycles. The van der Waals surface area contributed by atoms with Gasteiger partial charge in [0.15, 0.2) is 5.13 Å². The summed E-state index contributed by atoms with van der Waals surface area (Å²) < 4.78 is 6.25. The molecule has 3 aromatic carbocycles. The number of anilines is 1. The molecule has 0 aliphatic carbocycles. The third-order valence-electron chi connectivity index (χ3n) is 4.93. The number of aromatic nitrogens is 1. The molecular weight excluding hydrogens is 465 g/mol. The summed E-state index contributed by atoms with van der Waals surface area (Å²) in [5, 5.41) is 1.35. The molecule has 0 saturated heterocycles. The molecule has 8 heteroatoms. The summed E-state index contributed by atoms with van der Waals surface area (Å²) >= 11 is 13.7. The van der Waals surface area contributed by atoms with Gasteiger partial charge in [0.1, 0.15) is 17.3 Å². The Labute approximate surface area is 198 Å². The van der Waals surface area contributed by atoms with Gasteiger partial charge in [0.25, 0.3) is 5.91 Å². The largest absolute Gasteiger partial charge is 0.496 e. The second kappa shape index (κ2) is 8.39. The van der Waals surface area contributed by atoms with Crippen LogP contribution in [0.2, 0.25) is 10.0 Å². The number of fused-ring (bicyclic) bond motifs is 1. The van der Waals surface area contributed by atoms with E-state index < -0.39 is 0 Å². The fourth-order valence-electron chi connectivity index (χ4n) is 3.42. The highest BCUT2D eigenvalue weighted by molar-refractivity contribution is 7.22. The average molecular weight is 480 g/mol. The Bertz CT molecular complexity index is 1370. The summed E-state index contributed by atoms with van der Waals surface area (Å²) in [6.07, 6.45) is 1.73. The number of aliphatic imine (C=N–C) groups is 1. The van der Waals surface area contributed by atoms with E-state index in [9.17, 15) is 4.79 Å². The molecule has 32 heavy (non-hydrogen) atoms. The first-order chi connectivity index (χ1) is 15.5. The molecule has 0 N–H and O–H groups in total. The highest BCUT2D eigenvalue weighted by atomic mass is 35.5. The van der Waals surface area contributed by atoms with E-state index in [2.05, 4.69) is 9.98 Å². The third-order valence-corrected chi connectivity index (χ3v) is 6.66. The van der Waals surface area contributed by atoms with Crippen LogP contribution in [-0.4, -0.2) is 23.8 Å². The monoisotopic (exact) mass is 479 g/mol. The number of benzene rings is 3. The Balaban J connectivity index is 1.65. The molecule has 2 heterocycles. The Morgan fingerprint density at radius 2 is 1.72 bits per heavy atom. The number of rotatable bonds is 4. The minimum atomic E-state index is -0.272. The molecule has 4 aromatic rings. The van der Waals surface area contributed by atoms with Gasteiger partial charge in [0, 0.05) is 11.1 Å². The summed E-state index contributed by atoms with van der Waals surface area (Å²) in [5.74, 6) is 0.894. The lowest BCUT2D eigenvalue weighted by Gasteiger charge is -2.14. The van der Waals surface area contributed by atoms with Gasteiger partial charge >= 0.3 is 0 Å². The predicted molar refractivity (Wildman–Crippen MR) is 131 cm³/mol. The zero-order chi connectivity index (χ0) is 22.2. The molecule has 5 rings (SSSR count). The number of carbonyl (C=O) groups is 1. The van der Waals surface area contributed by atoms with E-state index in [1.807, 2.05) is 54.6 Å². The second-order valence-corrected chi connectivity index (χ2v) is 8.77. The Kier molecular flexibility index (Phi) is 5.43. The van der Waals surface area contributed by atoms with Crippen LogP contribution in [0.25, 0.3) is 16.3 Å². The van der Waals surface area contributed by atoms with Crippen molar-refractivity contribution >= 4 is 67.7 Å². The number of methoxy groups -OCH3 is 1. The van der Waals surface area contributed by atoms with Crippen LogP contribution in [0.15, 0.2) is 77.4 Å². The predicted octanol–water partition coefficient (Wildman–Crippen LogP) is 6.45.